The summed E-state index contributed by atoms with van der Waals surface area (Å²) in [4.78, 5) is 22.2. The Hall–Kier alpha value is -1.90. The lowest BCUT2D eigenvalue weighted by molar-refractivity contribution is -0.134. The van der Waals surface area contributed by atoms with Crippen molar-refractivity contribution in [3.63, 3.8) is 0 Å². The van der Waals surface area contributed by atoms with Crippen LogP contribution in [0.5, 0.6) is 0 Å². The van der Waals surface area contributed by atoms with Crippen molar-refractivity contribution in [1.82, 2.24) is 0 Å². The van der Waals surface area contributed by atoms with Crippen molar-refractivity contribution < 1.29 is 14.3 Å². The first-order valence-electron chi connectivity index (χ1n) is 4.57. The summed E-state index contributed by atoms with van der Waals surface area (Å²) in [5.41, 5.74) is 0.645. The average molecular weight is 204 g/mol. The van der Waals surface area contributed by atoms with E-state index in [1.165, 1.54) is 19.3 Å². The lowest BCUT2D eigenvalue weighted by Gasteiger charge is -1.95. The summed E-state index contributed by atoms with van der Waals surface area (Å²) in [6.07, 6.45) is 2.96. The molecule has 78 valence electrons. The zero-order valence-electron chi connectivity index (χ0n) is 8.47. The third kappa shape index (κ3) is 3.77. The topological polar surface area (TPSA) is 43.4 Å². The van der Waals surface area contributed by atoms with E-state index in [1.807, 2.05) is 6.07 Å². The summed E-state index contributed by atoms with van der Waals surface area (Å²) < 4.78 is 4.40. The SMILES string of the molecule is COC(=O)/C=C/CC(=O)c1ccccc1. The fourth-order valence-electron chi connectivity index (χ4n) is 1.07. The fraction of sp³-hybridized carbons (Fsp3) is 0.167. The van der Waals surface area contributed by atoms with Crippen molar-refractivity contribution in [2.75, 3.05) is 7.11 Å². The van der Waals surface area contributed by atoms with Crippen LogP contribution in [0.3, 0.4) is 0 Å². The Balaban J connectivity index is 2.51. The molecule has 0 aromatic heterocycles. The number of benzene rings is 1. The van der Waals surface area contributed by atoms with Crippen LogP contribution in [-0.2, 0) is 9.53 Å². The van der Waals surface area contributed by atoms with Gasteiger partial charge in [0.1, 0.15) is 0 Å². The number of Topliss-reactive ketones (excluding diaryl/α,β-unsaturated/α-hetero) is 1. The van der Waals surface area contributed by atoms with Gasteiger partial charge in [-0.3, -0.25) is 4.79 Å². The molecule has 0 saturated heterocycles. The Kier molecular flexibility index (Phi) is 4.29. The van der Waals surface area contributed by atoms with Crippen molar-refractivity contribution in [3.05, 3.63) is 48.0 Å². The lowest BCUT2D eigenvalue weighted by atomic mass is 10.1. The molecule has 1 aromatic carbocycles. The molecule has 0 fully saturated rings. The van der Waals surface area contributed by atoms with Crippen molar-refractivity contribution >= 4 is 11.8 Å². The minimum atomic E-state index is -0.448. The van der Waals surface area contributed by atoms with Gasteiger partial charge in [0.25, 0.3) is 0 Å². The molecule has 15 heavy (non-hydrogen) atoms. The molecule has 3 heteroatoms. The van der Waals surface area contributed by atoms with Crippen LogP contribution in [0.15, 0.2) is 42.5 Å². The van der Waals surface area contributed by atoms with E-state index >= 15 is 0 Å². The van der Waals surface area contributed by atoms with Gasteiger partial charge < -0.3 is 4.74 Å². The van der Waals surface area contributed by atoms with Gasteiger partial charge in [-0.2, -0.15) is 0 Å². The standard InChI is InChI=1S/C12H12O3/c1-15-12(14)9-5-8-11(13)10-6-3-2-4-7-10/h2-7,9H,8H2,1H3/b9-5+. The molecular formula is C12H12O3. The second kappa shape index (κ2) is 5.75. The number of methoxy groups -OCH3 is 1. The van der Waals surface area contributed by atoms with Crippen LogP contribution in [0, 0.1) is 0 Å². The largest absolute Gasteiger partial charge is 0.466 e. The van der Waals surface area contributed by atoms with E-state index in [1.54, 1.807) is 24.3 Å². The fourth-order valence-corrected chi connectivity index (χ4v) is 1.07. The summed E-state index contributed by atoms with van der Waals surface area (Å²) in [6.45, 7) is 0. The number of carbonyl (C=O) groups is 2. The average Bonchev–Trinajstić information content (AvgIpc) is 2.29. The second-order valence-corrected chi connectivity index (χ2v) is 2.92. The predicted molar refractivity (Wildman–Crippen MR) is 56.5 cm³/mol. The quantitative estimate of drug-likeness (QED) is 0.428. The van der Waals surface area contributed by atoms with Crippen molar-refractivity contribution in [3.8, 4) is 0 Å². The molecular weight excluding hydrogens is 192 g/mol. The highest BCUT2D eigenvalue weighted by atomic mass is 16.5. The molecule has 0 atom stereocenters. The van der Waals surface area contributed by atoms with Gasteiger partial charge in [-0.1, -0.05) is 36.4 Å². The monoisotopic (exact) mass is 204 g/mol. The van der Waals surface area contributed by atoms with E-state index in [4.69, 9.17) is 0 Å². The third-order valence-corrected chi connectivity index (χ3v) is 1.85. The van der Waals surface area contributed by atoms with Crippen LogP contribution in [0.1, 0.15) is 16.8 Å². The summed E-state index contributed by atoms with van der Waals surface area (Å²) in [6, 6.07) is 8.94. The number of hydrogen-bond acceptors (Lipinski definition) is 3. The van der Waals surface area contributed by atoms with Crippen LogP contribution in [0.4, 0.5) is 0 Å². The number of hydrogen-bond donors (Lipinski definition) is 0. The molecule has 0 bridgehead atoms. The van der Waals surface area contributed by atoms with Gasteiger partial charge >= 0.3 is 5.97 Å². The Bertz CT molecular complexity index is 366. The maximum atomic E-state index is 11.5. The Morgan fingerprint density at radius 2 is 1.93 bits per heavy atom. The van der Waals surface area contributed by atoms with Gasteiger partial charge in [-0.15, -0.1) is 0 Å². The molecule has 0 heterocycles. The van der Waals surface area contributed by atoms with Gasteiger partial charge in [0.15, 0.2) is 5.78 Å². The van der Waals surface area contributed by atoms with Crippen LogP contribution in [-0.4, -0.2) is 18.9 Å². The van der Waals surface area contributed by atoms with E-state index in [-0.39, 0.29) is 12.2 Å². The zero-order chi connectivity index (χ0) is 11.1. The lowest BCUT2D eigenvalue weighted by Crippen LogP contribution is -1.98. The Labute approximate surface area is 88.4 Å². The summed E-state index contributed by atoms with van der Waals surface area (Å²) >= 11 is 0. The molecule has 0 aliphatic carbocycles. The van der Waals surface area contributed by atoms with Gasteiger partial charge in [0.05, 0.1) is 7.11 Å². The second-order valence-electron chi connectivity index (χ2n) is 2.92. The van der Waals surface area contributed by atoms with E-state index < -0.39 is 5.97 Å². The molecule has 1 aromatic rings. The molecule has 0 spiro atoms. The maximum absolute atomic E-state index is 11.5. The molecule has 0 saturated carbocycles. The van der Waals surface area contributed by atoms with Gasteiger partial charge in [-0.05, 0) is 0 Å². The first-order valence-corrected chi connectivity index (χ1v) is 4.57. The molecule has 0 radical (unpaired) electrons. The maximum Gasteiger partial charge on any atom is 0.330 e. The number of ether oxygens (including phenoxy) is 1. The first-order chi connectivity index (χ1) is 7.24. The number of esters is 1. The number of rotatable bonds is 4. The Morgan fingerprint density at radius 3 is 2.53 bits per heavy atom. The van der Waals surface area contributed by atoms with Crippen molar-refractivity contribution in [2.45, 2.75) is 6.42 Å². The highest BCUT2D eigenvalue weighted by Gasteiger charge is 2.01. The smallest absolute Gasteiger partial charge is 0.330 e. The predicted octanol–water partition coefficient (Wildman–Crippen LogP) is 1.99. The third-order valence-electron chi connectivity index (χ3n) is 1.85. The van der Waals surface area contributed by atoms with Gasteiger partial charge in [0, 0.05) is 18.1 Å². The van der Waals surface area contributed by atoms with Crippen molar-refractivity contribution in [1.29, 1.82) is 0 Å². The van der Waals surface area contributed by atoms with Crippen LogP contribution < -0.4 is 0 Å². The normalized spacial score (nSPS) is 10.2. The van der Waals surface area contributed by atoms with Crippen LogP contribution in [0.2, 0.25) is 0 Å². The highest BCUT2D eigenvalue weighted by Crippen LogP contribution is 2.03. The highest BCUT2D eigenvalue weighted by molar-refractivity contribution is 5.97. The first kappa shape index (κ1) is 11.2. The van der Waals surface area contributed by atoms with Gasteiger partial charge in [0.2, 0.25) is 0 Å². The Morgan fingerprint density at radius 1 is 1.27 bits per heavy atom. The number of carbonyl (C=O) groups excluding carboxylic acids is 2. The molecule has 0 aliphatic rings. The molecule has 0 amide bonds. The number of allylic oxidation sites excluding steroid dienone is 1. The van der Waals surface area contributed by atoms with Crippen LogP contribution in [0.25, 0.3) is 0 Å². The molecule has 0 aliphatic heterocycles. The minimum absolute atomic E-state index is 0.0178. The van der Waals surface area contributed by atoms with Crippen molar-refractivity contribution in [2.24, 2.45) is 0 Å². The van der Waals surface area contributed by atoms with E-state index in [2.05, 4.69) is 4.74 Å². The molecule has 3 nitrogen and oxygen atoms in total. The van der Waals surface area contributed by atoms with Gasteiger partial charge in [-0.25, -0.2) is 4.79 Å². The molecule has 1 rings (SSSR count). The van der Waals surface area contributed by atoms with E-state index in [0.717, 1.165) is 0 Å². The number of ketones is 1. The van der Waals surface area contributed by atoms with E-state index in [9.17, 15) is 9.59 Å². The molecule has 0 unspecified atom stereocenters. The summed E-state index contributed by atoms with van der Waals surface area (Å²) in [5.74, 6) is -0.466. The zero-order valence-corrected chi connectivity index (χ0v) is 8.47. The summed E-state index contributed by atoms with van der Waals surface area (Å²) in [5, 5.41) is 0. The van der Waals surface area contributed by atoms with Crippen LogP contribution >= 0.6 is 0 Å². The minimum Gasteiger partial charge on any atom is -0.466 e. The summed E-state index contributed by atoms with van der Waals surface area (Å²) in [7, 11) is 1.30. The molecule has 0 N–H and O–H groups in total. The van der Waals surface area contributed by atoms with E-state index in [0.29, 0.717) is 5.56 Å².